The van der Waals surface area contributed by atoms with E-state index >= 15 is 0 Å². The number of ether oxygens (including phenoxy) is 2. The molecule has 0 aliphatic rings. The first-order valence-corrected chi connectivity index (χ1v) is 5.94. The fourth-order valence-electron chi connectivity index (χ4n) is 0.435. The Morgan fingerprint density at radius 1 is 1.19 bits per heavy atom. The summed E-state index contributed by atoms with van der Waals surface area (Å²) in [6.07, 6.45) is 0. The molecule has 0 amide bonds. The molecule has 94 valence electrons. The standard InChI is InChI=1S/C8H16N2O4S2/c1-13-7(11)5(9)3-15-16-4-6(10)8(12)14-2/h5-6H,3-4,9-10H2,1-2H3/t5-,6-/m0/s1/i3D2,4D2,5D,6D. The van der Waals surface area contributed by atoms with Gasteiger partial charge in [0.15, 0.2) is 0 Å². The summed E-state index contributed by atoms with van der Waals surface area (Å²) in [5.41, 5.74) is 4.92. The molecule has 0 unspecified atom stereocenters. The van der Waals surface area contributed by atoms with Crippen LogP contribution in [0.15, 0.2) is 0 Å². The monoisotopic (exact) mass is 274 g/mol. The average molecular weight is 274 g/mol. The first-order chi connectivity index (χ1) is 9.67. The molecule has 0 aromatic carbocycles. The Labute approximate surface area is 111 Å². The molecular formula is C8H16N2O4S2. The van der Waals surface area contributed by atoms with Crippen molar-refractivity contribution < 1.29 is 27.3 Å². The Balaban J connectivity index is 5.20. The maximum absolute atomic E-state index is 11.3. The van der Waals surface area contributed by atoms with Gasteiger partial charge in [0, 0.05) is 16.9 Å². The normalized spacial score (nSPS) is 25.2. The van der Waals surface area contributed by atoms with Crippen molar-refractivity contribution in [2.24, 2.45) is 11.5 Å². The maximum Gasteiger partial charge on any atom is 0.323 e. The fourth-order valence-corrected chi connectivity index (χ4v) is 1.65. The topological polar surface area (TPSA) is 105 Å². The molecule has 0 aromatic rings. The second-order valence-corrected chi connectivity index (χ2v) is 3.92. The van der Waals surface area contributed by atoms with Gasteiger partial charge >= 0.3 is 11.9 Å². The molecule has 6 nitrogen and oxygen atoms in total. The zero-order chi connectivity index (χ0) is 18.0. The highest BCUT2D eigenvalue weighted by atomic mass is 33.1. The summed E-state index contributed by atoms with van der Waals surface area (Å²) in [5, 5.41) is 0. The highest BCUT2D eigenvalue weighted by molar-refractivity contribution is 8.76. The minimum atomic E-state index is -2.83. The molecule has 0 rings (SSSR count). The van der Waals surface area contributed by atoms with Gasteiger partial charge in [-0.2, -0.15) is 0 Å². The molecule has 16 heavy (non-hydrogen) atoms. The van der Waals surface area contributed by atoms with E-state index in [1.165, 1.54) is 0 Å². The van der Waals surface area contributed by atoms with Crippen molar-refractivity contribution >= 4 is 33.5 Å². The Bertz CT molecular complexity index is 408. The lowest BCUT2D eigenvalue weighted by atomic mass is 10.4. The highest BCUT2D eigenvalue weighted by Gasteiger charge is 2.16. The van der Waals surface area contributed by atoms with Crippen molar-refractivity contribution in [3.63, 3.8) is 0 Å². The summed E-state index contributed by atoms with van der Waals surface area (Å²) in [7, 11) is 1.92. The minimum absolute atomic E-state index is 0.0450. The minimum Gasteiger partial charge on any atom is -0.468 e. The first kappa shape index (κ1) is 7.80. The van der Waals surface area contributed by atoms with Crippen LogP contribution in [0.3, 0.4) is 0 Å². The van der Waals surface area contributed by atoms with Crippen molar-refractivity contribution in [2.75, 3.05) is 25.6 Å². The molecular weight excluding hydrogens is 252 g/mol. The summed E-state index contributed by atoms with van der Waals surface area (Å²) in [6.45, 7) is 0. The number of carbonyl (C=O) groups is 2. The molecule has 0 radical (unpaired) electrons. The Morgan fingerprint density at radius 2 is 1.50 bits per heavy atom. The summed E-state index contributed by atoms with van der Waals surface area (Å²) in [5.74, 6) is -2.74. The molecule has 0 fully saturated rings. The van der Waals surface area contributed by atoms with Crippen molar-refractivity contribution in [2.45, 2.75) is 12.0 Å². The van der Waals surface area contributed by atoms with Gasteiger partial charge in [-0.25, -0.2) is 0 Å². The zero-order valence-corrected chi connectivity index (χ0v) is 10.2. The van der Waals surface area contributed by atoms with Crippen molar-refractivity contribution in [1.29, 1.82) is 0 Å². The van der Waals surface area contributed by atoms with Crippen LogP contribution in [-0.2, 0) is 19.1 Å². The summed E-state index contributed by atoms with van der Waals surface area (Å²) < 4.78 is 53.9. The third-order valence-electron chi connectivity index (χ3n) is 1.16. The lowest BCUT2D eigenvalue weighted by molar-refractivity contribution is -0.142. The Hall–Kier alpha value is -0.440. The number of rotatable bonds is 7. The molecule has 4 N–H and O–H groups in total. The predicted octanol–water partition coefficient (Wildman–Crippen LogP) is -0.632. The SMILES string of the molecule is [2H]C([2H])(SSC([2H])([2H])[C@]([2H])(N)C(=O)OC)[C@]([2H])(N)C(=O)OC. The second kappa shape index (κ2) is 8.68. The van der Waals surface area contributed by atoms with Crippen molar-refractivity contribution in [1.82, 2.24) is 0 Å². The quantitative estimate of drug-likeness (QED) is 0.467. The van der Waals surface area contributed by atoms with Crippen LogP contribution in [-0.4, -0.2) is 49.6 Å². The van der Waals surface area contributed by atoms with Gasteiger partial charge in [-0.15, -0.1) is 0 Å². The smallest absolute Gasteiger partial charge is 0.323 e. The van der Waals surface area contributed by atoms with Crippen LogP contribution in [0.2, 0.25) is 0 Å². The van der Waals surface area contributed by atoms with Gasteiger partial charge in [0.05, 0.1) is 17.0 Å². The first-order valence-electron chi connectivity index (χ1n) is 6.79. The Morgan fingerprint density at radius 3 is 1.75 bits per heavy atom. The van der Waals surface area contributed by atoms with E-state index in [0.717, 1.165) is 14.2 Å². The number of hydrogen-bond donors (Lipinski definition) is 2. The molecule has 2 atom stereocenters. The van der Waals surface area contributed by atoms with Gasteiger partial charge in [0.2, 0.25) is 0 Å². The number of hydrogen-bond acceptors (Lipinski definition) is 8. The zero-order valence-electron chi connectivity index (χ0n) is 14.6. The van der Waals surface area contributed by atoms with E-state index in [2.05, 4.69) is 9.47 Å². The molecule has 0 aliphatic heterocycles. The summed E-state index contributed by atoms with van der Waals surface area (Å²) >= 11 is 0. The molecule has 0 saturated carbocycles. The van der Waals surface area contributed by atoms with Gasteiger partial charge in [0.1, 0.15) is 12.0 Å². The van der Waals surface area contributed by atoms with E-state index in [0.29, 0.717) is 0 Å². The number of nitrogens with two attached hydrogens (primary N) is 2. The number of carbonyl (C=O) groups excluding carboxylic acids is 2. The van der Waals surface area contributed by atoms with E-state index in [-0.39, 0.29) is 21.6 Å². The van der Waals surface area contributed by atoms with Gasteiger partial charge in [-0.3, -0.25) is 9.59 Å². The number of esters is 2. The molecule has 0 heterocycles. The molecule has 0 saturated heterocycles. The molecule has 8 heteroatoms. The molecule has 0 spiro atoms. The Kier molecular flexibility index (Phi) is 4.23. The molecule has 0 aliphatic carbocycles. The molecule has 0 aromatic heterocycles. The van der Waals surface area contributed by atoms with Crippen LogP contribution in [0.4, 0.5) is 0 Å². The summed E-state index contributed by atoms with van der Waals surface area (Å²) in [4.78, 5) is 22.7. The van der Waals surface area contributed by atoms with E-state index in [4.69, 9.17) is 19.7 Å². The van der Waals surface area contributed by atoms with E-state index in [1.807, 2.05) is 0 Å². The third-order valence-corrected chi connectivity index (χ3v) is 2.60. The van der Waals surface area contributed by atoms with Gasteiger partial charge in [0.25, 0.3) is 0 Å². The van der Waals surface area contributed by atoms with Crippen LogP contribution >= 0.6 is 21.6 Å². The maximum atomic E-state index is 11.3. The number of methoxy groups -OCH3 is 2. The van der Waals surface area contributed by atoms with Crippen molar-refractivity contribution in [3.8, 4) is 0 Å². The van der Waals surface area contributed by atoms with Gasteiger partial charge in [-0.05, 0) is 0 Å². The van der Waals surface area contributed by atoms with E-state index in [9.17, 15) is 9.59 Å². The van der Waals surface area contributed by atoms with Crippen LogP contribution in [0.5, 0.6) is 0 Å². The van der Waals surface area contributed by atoms with Gasteiger partial charge in [-0.1, -0.05) is 21.6 Å². The second-order valence-electron chi connectivity index (χ2n) is 2.18. The van der Waals surface area contributed by atoms with Gasteiger partial charge < -0.3 is 20.9 Å². The summed E-state index contributed by atoms with van der Waals surface area (Å²) in [6, 6.07) is -5.67. The molecule has 0 bridgehead atoms. The van der Waals surface area contributed by atoms with Crippen molar-refractivity contribution in [3.05, 3.63) is 0 Å². The third kappa shape index (κ3) is 6.21. The van der Waals surface area contributed by atoms with Crippen LogP contribution in [0.1, 0.15) is 8.22 Å². The lowest BCUT2D eigenvalue weighted by Crippen LogP contribution is -2.34. The van der Waals surface area contributed by atoms with E-state index < -0.39 is 35.4 Å². The predicted molar refractivity (Wildman–Crippen MR) is 64.9 cm³/mol. The van der Waals surface area contributed by atoms with Crippen LogP contribution in [0.25, 0.3) is 0 Å². The largest absolute Gasteiger partial charge is 0.468 e. The average Bonchev–Trinajstić information content (AvgIpc) is 2.42. The van der Waals surface area contributed by atoms with Crippen LogP contribution in [0, 0.1) is 0 Å². The van der Waals surface area contributed by atoms with E-state index in [1.54, 1.807) is 0 Å². The fraction of sp³-hybridized carbons (Fsp3) is 0.750. The lowest BCUT2D eigenvalue weighted by Gasteiger charge is -2.10. The van der Waals surface area contributed by atoms with Crippen LogP contribution < -0.4 is 11.5 Å². The highest BCUT2D eigenvalue weighted by Crippen LogP contribution is 2.22.